The van der Waals surface area contributed by atoms with Gasteiger partial charge >= 0.3 is 35.3 Å². The fraction of sp³-hybridized carbons (Fsp3) is 0.560. The number of nitrogens with one attached hydrogen (secondary N) is 2. The highest BCUT2D eigenvalue weighted by Gasteiger charge is 2.87. The van der Waals surface area contributed by atoms with Crippen LogP contribution in [0.15, 0.2) is 48.5 Å². The minimum absolute atomic E-state index is 0.396. The molecule has 6 aliphatic rings. The Bertz CT molecular complexity index is 2550. The van der Waals surface area contributed by atoms with E-state index in [0.29, 0.717) is 46.0 Å². The van der Waals surface area contributed by atoms with Gasteiger partial charge in [-0.1, -0.05) is 91.8 Å². The molecule has 4 fully saturated rings. The van der Waals surface area contributed by atoms with Gasteiger partial charge in [-0.2, -0.15) is 0 Å². The molecular formula is C50H60N6O14S2. The van der Waals surface area contributed by atoms with E-state index in [9.17, 15) is 28.8 Å². The van der Waals surface area contributed by atoms with Crippen LogP contribution in [0.5, 0.6) is 0 Å². The fourth-order valence-corrected chi connectivity index (χ4v) is 14.0. The zero-order valence-corrected chi connectivity index (χ0v) is 43.9. The molecule has 4 saturated heterocycles. The number of carbonyl (C=O) groups is 10. The molecule has 1 unspecified atom stereocenters. The van der Waals surface area contributed by atoms with Gasteiger partial charge in [-0.05, 0) is 46.8 Å². The quantitative estimate of drug-likeness (QED) is 0.213. The topological polar surface area (TPSA) is 245 Å². The lowest BCUT2D eigenvalue weighted by Gasteiger charge is -2.53. The molecule has 386 valence electrons. The summed E-state index contributed by atoms with van der Waals surface area (Å²) in [6.07, 6.45) is -3.61. The van der Waals surface area contributed by atoms with Gasteiger partial charge < -0.3 is 29.6 Å². The highest BCUT2D eigenvalue weighted by atomic mass is 32.2. The van der Waals surface area contributed by atoms with E-state index >= 15 is 19.2 Å². The van der Waals surface area contributed by atoms with Crippen LogP contribution in [0.4, 0.5) is 11.4 Å². The number of hydrogen-bond donors (Lipinski definition) is 2. The van der Waals surface area contributed by atoms with Crippen LogP contribution in [0.1, 0.15) is 93.2 Å². The summed E-state index contributed by atoms with van der Waals surface area (Å²) in [4.78, 5) is 146. The van der Waals surface area contributed by atoms with Crippen molar-refractivity contribution in [3.8, 4) is 0 Å². The van der Waals surface area contributed by atoms with E-state index in [1.807, 2.05) is 0 Å². The molecule has 0 spiro atoms. The van der Waals surface area contributed by atoms with E-state index < -0.39 is 152 Å². The van der Waals surface area contributed by atoms with E-state index in [0.717, 1.165) is 23.6 Å². The Morgan fingerprint density at radius 2 is 0.889 bits per heavy atom. The van der Waals surface area contributed by atoms with Gasteiger partial charge in [0.2, 0.25) is 0 Å². The van der Waals surface area contributed by atoms with Crippen molar-refractivity contribution in [2.75, 3.05) is 37.9 Å². The lowest BCUT2D eigenvalue weighted by Crippen LogP contribution is -2.77. The summed E-state index contributed by atoms with van der Waals surface area (Å²) in [6, 6.07) is 14.1. The van der Waals surface area contributed by atoms with E-state index in [1.165, 1.54) is 51.6 Å². The number of amides is 4. The number of hydrogen-bond acceptors (Lipinski definition) is 18. The van der Waals surface area contributed by atoms with Crippen LogP contribution >= 0.6 is 23.5 Å². The van der Waals surface area contributed by atoms with Crippen molar-refractivity contribution in [3.05, 3.63) is 59.7 Å². The number of benzene rings is 2. The fourth-order valence-electron chi connectivity index (χ4n) is 11.2. The third kappa shape index (κ3) is 7.07. The van der Waals surface area contributed by atoms with E-state index in [2.05, 4.69) is 10.6 Å². The number of piperazine rings is 2. The largest absolute Gasteiger partial charge is 0.459 e. The van der Waals surface area contributed by atoms with Crippen molar-refractivity contribution >= 4 is 92.6 Å². The molecule has 8 atom stereocenters. The van der Waals surface area contributed by atoms with Gasteiger partial charge in [0.15, 0.2) is 33.2 Å². The Morgan fingerprint density at radius 1 is 0.556 bits per heavy atom. The molecule has 0 radical (unpaired) electrons. The molecule has 2 N–H and O–H groups in total. The van der Waals surface area contributed by atoms with Gasteiger partial charge in [0.25, 0.3) is 23.6 Å². The molecule has 0 bridgehead atoms. The number of para-hydroxylation sites is 2. The summed E-state index contributed by atoms with van der Waals surface area (Å²) in [7, 11) is 2.47. The molecule has 6 heterocycles. The second-order valence-corrected chi connectivity index (χ2v) is 23.1. The zero-order chi connectivity index (χ0) is 53.0. The summed E-state index contributed by atoms with van der Waals surface area (Å²) in [6.45, 7) is 13.0. The van der Waals surface area contributed by atoms with E-state index in [-0.39, 0.29) is 0 Å². The van der Waals surface area contributed by atoms with Crippen molar-refractivity contribution in [1.82, 2.24) is 19.6 Å². The third-order valence-electron chi connectivity index (χ3n) is 14.8. The summed E-state index contributed by atoms with van der Waals surface area (Å²) in [5.41, 5.74) is -6.76. The van der Waals surface area contributed by atoms with Crippen molar-refractivity contribution in [2.24, 2.45) is 23.7 Å². The monoisotopic (exact) mass is 1030 g/mol. The summed E-state index contributed by atoms with van der Waals surface area (Å²) < 4.78 is 23.1. The molecule has 0 aromatic heterocycles. The van der Waals surface area contributed by atoms with Crippen LogP contribution in [-0.2, 0) is 77.7 Å². The maximum atomic E-state index is 16.3. The Balaban J connectivity index is 1.49. The van der Waals surface area contributed by atoms with Gasteiger partial charge in [-0.3, -0.25) is 67.5 Å². The Hall–Kier alpha value is -6.16. The first kappa shape index (κ1) is 52.2. The predicted octanol–water partition coefficient (Wildman–Crippen LogP) is 3.92. The number of fused-ring (bicyclic) bond motifs is 11. The van der Waals surface area contributed by atoms with E-state index in [1.54, 1.807) is 76.2 Å². The highest BCUT2D eigenvalue weighted by Crippen LogP contribution is 2.75. The standard InChI is InChI=1S/C50H60N6O14S2/c1-25(2)35(59)69-47(23-67-29(9)57)41(63)55-39-45(31-17-13-15-19-33(31)51-39,21-49(55,43(65)53(47)11)71-37(61)27(5)6)46-22-50(72-38(62)28(7)8)44(66)54(12)48(24-68-30(10)58,70-36(60)26(3)4)42(64)56(50)40(46)52-34-20-16-14-18-32(34)46/h13-20,25-28,39-40,51-52H,21-24H2,1-12H3/t39-,40-,45+,46+,47-,48-,49+,50?/m1/s1. The first-order valence-electron chi connectivity index (χ1n) is 23.8. The van der Waals surface area contributed by atoms with Gasteiger partial charge in [-0.25, -0.2) is 0 Å². The lowest BCUT2D eigenvalue weighted by molar-refractivity contribution is -0.223. The van der Waals surface area contributed by atoms with Gasteiger partial charge in [0.1, 0.15) is 12.3 Å². The van der Waals surface area contributed by atoms with Crippen molar-refractivity contribution in [1.29, 1.82) is 0 Å². The van der Waals surface area contributed by atoms with Gasteiger partial charge in [0, 0.05) is 64.0 Å². The van der Waals surface area contributed by atoms with Crippen LogP contribution in [0.3, 0.4) is 0 Å². The minimum Gasteiger partial charge on any atom is -0.459 e. The average molecular weight is 1030 g/mol. The minimum atomic E-state index is -2.62. The van der Waals surface area contributed by atoms with Crippen molar-refractivity contribution < 1.29 is 66.9 Å². The molecule has 8 rings (SSSR count). The maximum absolute atomic E-state index is 16.3. The maximum Gasteiger partial charge on any atom is 0.311 e. The average Bonchev–Trinajstić information content (AvgIpc) is 4.00. The van der Waals surface area contributed by atoms with Crippen LogP contribution in [0.25, 0.3) is 0 Å². The number of ether oxygens (including phenoxy) is 4. The van der Waals surface area contributed by atoms with Gasteiger partial charge in [0.05, 0.1) is 22.7 Å². The summed E-state index contributed by atoms with van der Waals surface area (Å²) in [5.74, 6) is -10.4. The Labute approximate surface area is 425 Å². The van der Waals surface area contributed by atoms with Crippen LogP contribution < -0.4 is 10.6 Å². The number of likely N-dealkylation sites (N-methyl/N-ethyl adjacent to an activating group) is 2. The smallest absolute Gasteiger partial charge is 0.311 e. The van der Waals surface area contributed by atoms with E-state index in [4.69, 9.17) is 18.9 Å². The van der Waals surface area contributed by atoms with Crippen LogP contribution in [0, 0.1) is 23.7 Å². The second-order valence-electron chi connectivity index (χ2n) is 20.6. The molecule has 20 nitrogen and oxygen atoms in total. The predicted molar refractivity (Wildman–Crippen MR) is 260 cm³/mol. The van der Waals surface area contributed by atoms with Crippen LogP contribution in [-0.4, -0.2) is 138 Å². The Morgan fingerprint density at radius 3 is 1.19 bits per heavy atom. The normalized spacial score (nSPS) is 30.9. The Kier molecular flexibility index (Phi) is 12.9. The number of carbonyl (C=O) groups excluding carboxylic acids is 10. The van der Waals surface area contributed by atoms with Gasteiger partial charge in [-0.15, -0.1) is 0 Å². The van der Waals surface area contributed by atoms with Crippen LogP contribution in [0.2, 0.25) is 0 Å². The highest BCUT2D eigenvalue weighted by molar-refractivity contribution is 8.15. The SMILES string of the molecule is CC(=O)OC[C@@]1(OC(=O)C(C)C)C(=O)N2[C@H]3Nc4ccccc4[C@@]3([C@]34C[C@]5(SC(=O)C(C)C)C(=O)N(C)[C@](COC(C)=O)(OC(=O)C(C)C)C(=O)N5[C@H]3Nc3ccccc34)CC2(SC(=O)C(C)C)C(=O)N1C. The van der Waals surface area contributed by atoms with Crippen molar-refractivity contribution in [3.63, 3.8) is 0 Å². The lowest BCUT2D eigenvalue weighted by atomic mass is 9.54. The van der Waals surface area contributed by atoms with Crippen molar-refractivity contribution in [2.45, 2.75) is 126 Å². The summed E-state index contributed by atoms with van der Waals surface area (Å²) >= 11 is 1.24. The summed E-state index contributed by atoms with van der Waals surface area (Å²) in [5, 5.41) is 6.08. The molecule has 4 amide bonds. The number of thioether (sulfide) groups is 2. The first-order valence-corrected chi connectivity index (χ1v) is 25.4. The third-order valence-corrected chi connectivity index (χ3v) is 17.9. The number of rotatable bonds is 13. The molecule has 22 heteroatoms. The zero-order valence-electron chi connectivity index (χ0n) is 42.2. The molecule has 72 heavy (non-hydrogen) atoms. The molecular weight excluding hydrogens is 973 g/mol. The molecule has 2 aromatic rings. The number of nitrogens with zero attached hydrogens (tertiary/aromatic N) is 4. The molecule has 0 aliphatic carbocycles. The second kappa shape index (κ2) is 17.8. The number of esters is 4. The molecule has 0 saturated carbocycles. The molecule has 2 aromatic carbocycles. The number of anilines is 2. The molecule has 6 aliphatic heterocycles. The first-order chi connectivity index (χ1) is 33.7.